The van der Waals surface area contributed by atoms with Crippen molar-refractivity contribution in [2.24, 2.45) is 0 Å². The number of hydrogen-bond acceptors (Lipinski definition) is 3. The molecule has 0 saturated carbocycles. The second-order valence-electron chi connectivity index (χ2n) is 3.23. The monoisotopic (exact) mass is 213 g/mol. The van der Waals surface area contributed by atoms with E-state index < -0.39 is 0 Å². The van der Waals surface area contributed by atoms with Crippen LogP contribution in [0.15, 0.2) is 54.6 Å². The van der Waals surface area contributed by atoms with Crippen LogP contribution in [0, 0.1) is 0 Å². The smallest absolute Gasteiger partial charge is 0.320 e. The zero-order chi connectivity index (χ0) is 11.2. The summed E-state index contributed by atoms with van der Waals surface area (Å²) in [5, 5.41) is 0. The van der Waals surface area contributed by atoms with Gasteiger partial charge in [-0.25, -0.2) is 5.48 Å². The summed E-state index contributed by atoms with van der Waals surface area (Å²) in [6.45, 7) is 0.363. The number of carbonyl (C=O) groups excluding carboxylic acids is 1. The highest BCUT2D eigenvalue weighted by atomic mass is 16.7. The summed E-state index contributed by atoms with van der Waals surface area (Å²) >= 11 is 0. The molecule has 3 nitrogen and oxygen atoms in total. The van der Waals surface area contributed by atoms with Gasteiger partial charge in [0, 0.05) is 5.56 Å². The summed E-state index contributed by atoms with van der Waals surface area (Å²) in [6, 6.07) is 17.5. The van der Waals surface area contributed by atoms with Crippen molar-refractivity contribution in [3.8, 4) is 11.1 Å². The van der Waals surface area contributed by atoms with Crippen LogP contribution >= 0.6 is 0 Å². The van der Waals surface area contributed by atoms with Crippen LogP contribution in [0.4, 0.5) is 5.69 Å². The molecule has 0 heterocycles. The molecule has 2 aromatic rings. The second-order valence-corrected chi connectivity index (χ2v) is 3.23. The fourth-order valence-corrected chi connectivity index (χ4v) is 1.53. The first-order valence-corrected chi connectivity index (χ1v) is 4.91. The van der Waals surface area contributed by atoms with Crippen LogP contribution in [0.3, 0.4) is 0 Å². The Morgan fingerprint density at radius 1 is 0.938 bits per heavy atom. The summed E-state index contributed by atoms with van der Waals surface area (Å²) in [5.41, 5.74) is 5.42. The quantitative estimate of drug-likeness (QED) is 0.627. The Morgan fingerprint density at radius 2 is 1.62 bits per heavy atom. The van der Waals surface area contributed by atoms with Crippen molar-refractivity contribution in [1.82, 2.24) is 0 Å². The number of para-hydroxylation sites is 1. The lowest BCUT2D eigenvalue weighted by Crippen LogP contribution is -1.99. The fraction of sp³-hybridized carbons (Fsp3) is 0. The van der Waals surface area contributed by atoms with E-state index in [1.54, 1.807) is 0 Å². The Morgan fingerprint density at radius 3 is 2.38 bits per heavy atom. The molecule has 0 aliphatic carbocycles. The summed E-state index contributed by atoms with van der Waals surface area (Å²) in [6.07, 6.45) is 0. The Bertz CT molecular complexity index is 468. The van der Waals surface area contributed by atoms with Gasteiger partial charge in [-0.2, -0.15) is 0 Å². The van der Waals surface area contributed by atoms with Gasteiger partial charge < -0.3 is 4.84 Å². The maximum Gasteiger partial charge on any atom is 0.320 e. The van der Waals surface area contributed by atoms with E-state index in [0.29, 0.717) is 6.47 Å². The van der Waals surface area contributed by atoms with E-state index in [0.717, 1.165) is 16.8 Å². The number of nitrogens with one attached hydrogen (secondary N) is 1. The lowest BCUT2D eigenvalue weighted by atomic mass is 10.0. The highest BCUT2D eigenvalue weighted by Gasteiger charge is 2.03. The van der Waals surface area contributed by atoms with Gasteiger partial charge >= 0.3 is 6.47 Å². The molecule has 2 aromatic carbocycles. The van der Waals surface area contributed by atoms with Crippen molar-refractivity contribution >= 4 is 12.2 Å². The van der Waals surface area contributed by atoms with Gasteiger partial charge in [0.15, 0.2) is 0 Å². The van der Waals surface area contributed by atoms with Gasteiger partial charge in [-0.1, -0.05) is 48.5 Å². The van der Waals surface area contributed by atoms with Gasteiger partial charge in [0.2, 0.25) is 0 Å². The lowest BCUT2D eigenvalue weighted by molar-refractivity contribution is -0.126. The third-order valence-corrected chi connectivity index (χ3v) is 2.23. The van der Waals surface area contributed by atoms with Crippen molar-refractivity contribution in [2.45, 2.75) is 0 Å². The highest BCUT2D eigenvalue weighted by Crippen LogP contribution is 2.27. The molecular formula is C13H11NO2. The van der Waals surface area contributed by atoms with Crippen LogP contribution in [0.5, 0.6) is 0 Å². The van der Waals surface area contributed by atoms with Crippen molar-refractivity contribution in [3.05, 3.63) is 54.6 Å². The largest absolute Gasteiger partial charge is 0.347 e. The molecule has 0 aromatic heterocycles. The molecular weight excluding hydrogens is 202 g/mol. The van der Waals surface area contributed by atoms with E-state index >= 15 is 0 Å². The molecule has 0 fully saturated rings. The molecule has 2 rings (SSSR count). The van der Waals surface area contributed by atoms with Crippen molar-refractivity contribution in [2.75, 3.05) is 5.48 Å². The predicted octanol–water partition coefficient (Wildman–Crippen LogP) is 2.85. The third-order valence-electron chi connectivity index (χ3n) is 2.23. The first-order chi connectivity index (χ1) is 7.92. The van der Waals surface area contributed by atoms with Gasteiger partial charge in [0.25, 0.3) is 0 Å². The number of hydrogen-bond donors (Lipinski definition) is 1. The maximum absolute atomic E-state index is 10.1. The van der Waals surface area contributed by atoms with E-state index in [2.05, 4.69) is 10.3 Å². The minimum absolute atomic E-state index is 0.363. The topological polar surface area (TPSA) is 38.3 Å². The first-order valence-electron chi connectivity index (χ1n) is 4.91. The molecule has 0 amide bonds. The van der Waals surface area contributed by atoms with Crippen LogP contribution < -0.4 is 5.48 Å². The maximum atomic E-state index is 10.1. The predicted molar refractivity (Wildman–Crippen MR) is 62.6 cm³/mol. The SMILES string of the molecule is O=CONc1ccccc1-c1ccccc1. The van der Waals surface area contributed by atoms with Crippen molar-refractivity contribution in [3.63, 3.8) is 0 Å². The molecule has 80 valence electrons. The van der Waals surface area contributed by atoms with Crippen LogP contribution in [0.2, 0.25) is 0 Å². The van der Waals surface area contributed by atoms with Gasteiger partial charge in [-0.05, 0) is 11.6 Å². The standard InChI is InChI=1S/C13H11NO2/c15-10-16-14-13-9-5-4-8-12(13)11-6-2-1-3-7-11/h1-10,14H. The van der Waals surface area contributed by atoms with Crippen molar-refractivity contribution < 1.29 is 9.63 Å². The molecule has 0 radical (unpaired) electrons. The van der Waals surface area contributed by atoms with E-state index in [9.17, 15) is 4.79 Å². The summed E-state index contributed by atoms with van der Waals surface area (Å²) in [5.74, 6) is 0. The Labute approximate surface area is 93.6 Å². The number of carbonyl (C=O) groups is 1. The van der Waals surface area contributed by atoms with Crippen LogP contribution in [-0.2, 0) is 9.63 Å². The average Bonchev–Trinajstić information content (AvgIpc) is 2.38. The van der Waals surface area contributed by atoms with Gasteiger partial charge in [0.05, 0.1) is 5.69 Å². The van der Waals surface area contributed by atoms with E-state index in [1.807, 2.05) is 54.6 Å². The van der Waals surface area contributed by atoms with E-state index in [4.69, 9.17) is 0 Å². The minimum Gasteiger partial charge on any atom is -0.347 e. The molecule has 1 N–H and O–H groups in total. The van der Waals surface area contributed by atoms with Gasteiger partial charge in [0.1, 0.15) is 0 Å². The normalized spacial score (nSPS) is 9.50. The summed E-state index contributed by atoms with van der Waals surface area (Å²) < 4.78 is 0. The summed E-state index contributed by atoms with van der Waals surface area (Å²) in [7, 11) is 0. The molecule has 3 heteroatoms. The molecule has 0 aliphatic heterocycles. The molecule has 0 saturated heterocycles. The lowest BCUT2D eigenvalue weighted by Gasteiger charge is -2.09. The van der Waals surface area contributed by atoms with Crippen molar-refractivity contribution in [1.29, 1.82) is 0 Å². The Hall–Kier alpha value is -2.29. The highest BCUT2D eigenvalue weighted by molar-refractivity contribution is 5.77. The molecule has 0 atom stereocenters. The molecule has 0 aliphatic rings. The van der Waals surface area contributed by atoms with Crippen LogP contribution in [0.1, 0.15) is 0 Å². The van der Waals surface area contributed by atoms with E-state index in [-0.39, 0.29) is 0 Å². The van der Waals surface area contributed by atoms with Crippen LogP contribution in [0.25, 0.3) is 11.1 Å². The van der Waals surface area contributed by atoms with E-state index in [1.165, 1.54) is 0 Å². The molecule has 0 unspecified atom stereocenters. The zero-order valence-corrected chi connectivity index (χ0v) is 8.59. The molecule has 16 heavy (non-hydrogen) atoms. The van der Waals surface area contributed by atoms with Gasteiger partial charge in [-0.15, -0.1) is 0 Å². The Kier molecular flexibility index (Phi) is 3.18. The fourth-order valence-electron chi connectivity index (χ4n) is 1.53. The Balaban J connectivity index is 2.36. The zero-order valence-electron chi connectivity index (χ0n) is 8.59. The average molecular weight is 213 g/mol. The number of benzene rings is 2. The first kappa shape index (κ1) is 10.2. The summed E-state index contributed by atoms with van der Waals surface area (Å²) in [4.78, 5) is 14.7. The third kappa shape index (κ3) is 2.20. The number of rotatable bonds is 4. The number of anilines is 1. The molecule has 0 bridgehead atoms. The minimum atomic E-state index is 0.363. The van der Waals surface area contributed by atoms with Crippen LogP contribution in [-0.4, -0.2) is 6.47 Å². The van der Waals surface area contributed by atoms with Gasteiger partial charge in [-0.3, -0.25) is 4.79 Å². The molecule has 0 spiro atoms. The second kappa shape index (κ2) is 4.98.